The van der Waals surface area contributed by atoms with E-state index in [1.54, 1.807) is 25.1 Å². The Kier molecular flexibility index (Phi) is 7.48. The van der Waals surface area contributed by atoms with Crippen molar-refractivity contribution in [1.82, 2.24) is 4.90 Å². The van der Waals surface area contributed by atoms with Gasteiger partial charge in [0.05, 0.1) is 6.61 Å². The van der Waals surface area contributed by atoms with Crippen molar-refractivity contribution in [1.29, 1.82) is 0 Å². The van der Waals surface area contributed by atoms with E-state index in [1.807, 2.05) is 0 Å². The Morgan fingerprint density at radius 3 is 2.62 bits per heavy atom. The largest absolute Gasteiger partial charge is 0.480 e. The SMILES string of the molecule is CCOC(=O)COc1ccc2cc(CCN(CC)CC)c(=O)oc2c1Cl. The number of halogens is 1. The van der Waals surface area contributed by atoms with Gasteiger partial charge in [-0.15, -0.1) is 0 Å². The van der Waals surface area contributed by atoms with Gasteiger partial charge in [-0.05, 0) is 44.6 Å². The first-order valence-electron chi connectivity index (χ1n) is 8.76. The third kappa shape index (κ3) is 4.99. The smallest absolute Gasteiger partial charge is 0.344 e. The van der Waals surface area contributed by atoms with Crippen LogP contribution < -0.4 is 10.4 Å². The van der Waals surface area contributed by atoms with Gasteiger partial charge in [0.1, 0.15) is 10.8 Å². The van der Waals surface area contributed by atoms with E-state index in [1.165, 1.54) is 0 Å². The molecule has 7 heteroatoms. The number of fused-ring (bicyclic) bond motifs is 1. The lowest BCUT2D eigenvalue weighted by Crippen LogP contribution is -2.26. The summed E-state index contributed by atoms with van der Waals surface area (Å²) in [6.07, 6.45) is 0.610. The summed E-state index contributed by atoms with van der Waals surface area (Å²) in [6, 6.07) is 5.20. The average Bonchev–Trinajstić information content (AvgIpc) is 2.63. The number of likely N-dealkylation sites (N-methyl/N-ethyl adjacent to an activating group) is 1. The van der Waals surface area contributed by atoms with E-state index in [-0.39, 0.29) is 29.6 Å². The fourth-order valence-electron chi connectivity index (χ4n) is 2.62. The molecule has 1 aromatic heterocycles. The maximum absolute atomic E-state index is 12.3. The summed E-state index contributed by atoms with van der Waals surface area (Å²) >= 11 is 6.28. The van der Waals surface area contributed by atoms with Crippen molar-refractivity contribution in [2.24, 2.45) is 0 Å². The Labute approximate surface area is 157 Å². The topological polar surface area (TPSA) is 69.0 Å². The number of nitrogens with zero attached hydrogens (tertiary/aromatic N) is 1. The van der Waals surface area contributed by atoms with Gasteiger partial charge < -0.3 is 18.8 Å². The van der Waals surface area contributed by atoms with Crippen LogP contribution >= 0.6 is 11.6 Å². The normalized spacial score (nSPS) is 11.1. The number of carbonyl (C=O) groups excluding carboxylic acids is 1. The third-order valence-corrected chi connectivity index (χ3v) is 4.48. The maximum atomic E-state index is 12.3. The van der Waals surface area contributed by atoms with Gasteiger partial charge in [0.2, 0.25) is 0 Å². The van der Waals surface area contributed by atoms with E-state index >= 15 is 0 Å². The van der Waals surface area contributed by atoms with Crippen LogP contribution in [0.5, 0.6) is 5.75 Å². The Bertz CT molecular complexity index is 813. The molecule has 0 N–H and O–H groups in total. The summed E-state index contributed by atoms with van der Waals surface area (Å²) < 4.78 is 15.6. The molecule has 2 aromatic rings. The van der Waals surface area contributed by atoms with E-state index < -0.39 is 11.6 Å². The predicted molar refractivity (Wildman–Crippen MR) is 101 cm³/mol. The van der Waals surface area contributed by atoms with E-state index in [0.29, 0.717) is 17.4 Å². The van der Waals surface area contributed by atoms with Crippen LogP contribution in [0.4, 0.5) is 0 Å². The van der Waals surface area contributed by atoms with Gasteiger partial charge in [-0.3, -0.25) is 0 Å². The quantitative estimate of drug-likeness (QED) is 0.490. The summed E-state index contributed by atoms with van der Waals surface area (Å²) in [5.74, 6) is -0.219. The van der Waals surface area contributed by atoms with E-state index in [9.17, 15) is 9.59 Å². The molecule has 0 saturated carbocycles. The number of hydrogen-bond acceptors (Lipinski definition) is 6. The Balaban J connectivity index is 2.22. The summed E-state index contributed by atoms with van der Waals surface area (Å²) in [5, 5.41) is 0.881. The number of ether oxygens (including phenoxy) is 2. The predicted octanol–water partition coefficient (Wildman–Crippen LogP) is 3.27. The summed E-state index contributed by atoms with van der Waals surface area (Å²) in [6.45, 7) is 8.56. The highest BCUT2D eigenvalue weighted by Crippen LogP contribution is 2.32. The fraction of sp³-hybridized carbons (Fsp3) is 0.474. The molecule has 1 aromatic carbocycles. The first kappa shape index (κ1) is 20.3. The molecule has 0 aliphatic rings. The number of carbonyl (C=O) groups is 1. The zero-order chi connectivity index (χ0) is 19.1. The van der Waals surface area contributed by atoms with Crippen LogP contribution in [0.3, 0.4) is 0 Å². The molecule has 0 amide bonds. The van der Waals surface area contributed by atoms with Crippen LogP contribution in [0.2, 0.25) is 5.02 Å². The number of rotatable bonds is 9. The molecular weight excluding hydrogens is 358 g/mol. The highest BCUT2D eigenvalue weighted by Gasteiger charge is 2.14. The van der Waals surface area contributed by atoms with Gasteiger partial charge in [0, 0.05) is 17.5 Å². The zero-order valence-corrected chi connectivity index (χ0v) is 16.1. The standard InChI is InChI=1S/C19H24ClNO5/c1-4-21(5-2)10-9-14-11-13-7-8-15(25-12-16(22)24-6-3)17(20)18(13)26-19(14)23/h7-8,11H,4-6,9-10,12H2,1-3H3. The second-order valence-corrected chi connectivity index (χ2v) is 6.10. The second kappa shape index (κ2) is 9.59. The van der Waals surface area contributed by atoms with E-state index in [0.717, 1.165) is 19.6 Å². The molecule has 0 unspecified atom stereocenters. The zero-order valence-electron chi connectivity index (χ0n) is 15.3. The number of esters is 1. The molecule has 0 spiro atoms. The number of benzene rings is 1. The van der Waals surface area contributed by atoms with Gasteiger partial charge in [-0.25, -0.2) is 9.59 Å². The molecule has 0 atom stereocenters. The maximum Gasteiger partial charge on any atom is 0.344 e. The molecular formula is C19H24ClNO5. The van der Waals surface area contributed by atoms with Gasteiger partial charge >= 0.3 is 11.6 Å². The molecule has 6 nitrogen and oxygen atoms in total. The van der Waals surface area contributed by atoms with Crippen LogP contribution in [0.1, 0.15) is 26.3 Å². The van der Waals surface area contributed by atoms with Crippen LogP contribution in [-0.4, -0.2) is 43.7 Å². The lowest BCUT2D eigenvalue weighted by molar-refractivity contribution is -0.145. The molecule has 2 rings (SSSR count). The van der Waals surface area contributed by atoms with Crippen LogP contribution in [-0.2, 0) is 16.0 Å². The molecule has 0 saturated heterocycles. The van der Waals surface area contributed by atoms with Gasteiger partial charge in [0.15, 0.2) is 12.2 Å². The lowest BCUT2D eigenvalue weighted by atomic mass is 10.1. The van der Waals surface area contributed by atoms with Crippen LogP contribution in [0.25, 0.3) is 11.0 Å². The highest BCUT2D eigenvalue weighted by molar-refractivity contribution is 6.36. The van der Waals surface area contributed by atoms with Crippen molar-refractivity contribution < 1.29 is 18.7 Å². The third-order valence-electron chi connectivity index (χ3n) is 4.12. The molecule has 0 radical (unpaired) electrons. The first-order chi connectivity index (χ1) is 12.5. The minimum absolute atomic E-state index is 0.166. The molecule has 1 heterocycles. The van der Waals surface area contributed by atoms with Crippen molar-refractivity contribution in [3.63, 3.8) is 0 Å². The molecule has 142 valence electrons. The highest BCUT2D eigenvalue weighted by atomic mass is 35.5. The molecule has 0 aliphatic carbocycles. The van der Waals surface area contributed by atoms with Crippen molar-refractivity contribution in [3.05, 3.63) is 39.2 Å². The van der Waals surface area contributed by atoms with Crippen molar-refractivity contribution in [3.8, 4) is 5.75 Å². The minimum atomic E-state index is -0.489. The van der Waals surface area contributed by atoms with Crippen LogP contribution in [0.15, 0.2) is 27.4 Å². The summed E-state index contributed by atoms with van der Waals surface area (Å²) in [7, 11) is 0. The second-order valence-electron chi connectivity index (χ2n) is 5.73. The Morgan fingerprint density at radius 1 is 1.23 bits per heavy atom. The van der Waals surface area contributed by atoms with Gasteiger partial charge in [0.25, 0.3) is 0 Å². The molecule has 0 bridgehead atoms. The van der Waals surface area contributed by atoms with Gasteiger partial charge in [-0.1, -0.05) is 25.4 Å². The van der Waals surface area contributed by atoms with E-state index in [4.69, 9.17) is 25.5 Å². The molecule has 0 aliphatic heterocycles. The minimum Gasteiger partial charge on any atom is -0.480 e. The summed E-state index contributed by atoms with van der Waals surface area (Å²) in [4.78, 5) is 25.9. The summed E-state index contributed by atoms with van der Waals surface area (Å²) in [5.41, 5.74) is 0.458. The van der Waals surface area contributed by atoms with E-state index in [2.05, 4.69) is 18.7 Å². The first-order valence-corrected chi connectivity index (χ1v) is 9.13. The molecule has 26 heavy (non-hydrogen) atoms. The average molecular weight is 382 g/mol. The van der Waals surface area contributed by atoms with Crippen LogP contribution in [0, 0.1) is 0 Å². The van der Waals surface area contributed by atoms with Crippen molar-refractivity contribution in [2.45, 2.75) is 27.2 Å². The Hall–Kier alpha value is -2.05. The van der Waals surface area contributed by atoms with Crippen molar-refractivity contribution >= 4 is 28.5 Å². The van der Waals surface area contributed by atoms with Gasteiger partial charge in [-0.2, -0.15) is 0 Å². The lowest BCUT2D eigenvalue weighted by Gasteiger charge is -2.17. The fourth-order valence-corrected chi connectivity index (χ4v) is 2.88. The monoisotopic (exact) mass is 381 g/mol. The Morgan fingerprint density at radius 2 is 1.96 bits per heavy atom. The molecule has 0 fully saturated rings. The number of hydrogen-bond donors (Lipinski definition) is 0. The van der Waals surface area contributed by atoms with Crippen molar-refractivity contribution in [2.75, 3.05) is 32.8 Å².